The highest BCUT2D eigenvalue weighted by Crippen LogP contribution is 2.56. The van der Waals surface area contributed by atoms with E-state index in [1.807, 2.05) is 34.8 Å². The van der Waals surface area contributed by atoms with Gasteiger partial charge in [-0.05, 0) is 84.3 Å². The fraction of sp³-hybridized carbons (Fsp3) is 0.178. The first-order valence-corrected chi connectivity index (χ1v) is 19.0. The van der Waals surface area contributed by atoms with Gasteiger partial charge in [0.2, 0.25) is 0 Å². The number of hydrogen-bond donors (Lipinski definition) is 1. The molecule has 4 nitrogen and oxygen atoms in total. The lowest BCUT2D eigenvalue weighted by Crippen LogP contribution is -2.41. The zero-order chi connectivity index (χ0) is 35.1. The van der Waals surface area contributed by atoms with Crippen LogP contribution in [0.15, 0.2) is 97.1 Å². The van der Waals surface area contributed by atoms with Crippen molar-refractivity contribution in [2.75, 3.05) is 11.9 Å². The van der Waals surface area contributed by atoms with Crippen LogP contribution in [0.4, 0.5) is 5.69 Å². The zero-order valence-corrected chi connectivity index (χ0v) is 30.9. The number of carboxylic acid groups (broad SMARTS) is 1. The number of carboxylic acids is 1. The molecule has 2 aromatic heterocycles. The van der Waals surface area contributed by atoms with Crippen LogP contribution in [0.25, 0.3) is 52.2 Å². The fourth-order valence-corrected chi connectivity index (χ4v) is 11.6. The Hall–Kier alpha value is -5.17. The van der Waals surface area contributed by atoms with Crippen molar-refractivity contribution in [3.8, 4) is 32.4 Å². The van der Waals surface area contributed by atoms with Crippen LogP contribution in [0.1, 0.15) is 67.2 Å². The van der Waals surface area contributed by atoms with E-state index in [0.29, 0.717) is 5.56 Å². The van der Waals surface area contributed by atoms with Gasteiger partial charge in [-0.15, -0.1) is 22.7 Å². The first-order chi connectivity index (χ1) is 24.5. The Morgan fingerprint density at radius 1 is 0.686 bits per heavy atom. The van der Waals surface area contributed by atoms with Gasteiger partial charge < -0.3 is 14.7 Å². The quantitative estimate of drug-likeness (QED) is 0.195. The lowest BCUT2D eigenvalue weighted by molar-refractivity contribution is 0.0696. The Balaban J connectivity index is 1.35. The number of aromatic carboxylic acids is 1. The van der Waals surface area contributed by atoms with Gasteiger partial charge in [0.1, 0.15) is 11.5 Å². The molecule has 5 aromatic carbocycles. The van der Waals surface area contributed by atoms with Gasteiger partial charge in [-0.3, -0.25) is 0 Å². The molecule has 0 saturated heterocycles. The van der Waals surface area contributed by atoms with Gasteiger partial charge in [-0.25, -0.2) is 4.79 Å². The number of thiophene rings is 2. The second-order valence-electron chi connectivity index (χ2n) is 15.1. The number of nitrogens with zero attached hydrogens (tertiary/aromatic N) is 1. The van der Waals surface area contributed by atoms with Crippen molar-refractivity contribution in [1.82, 2.24) is 0 Å². The van der Waals surface area contributed by atoms with Gasteiger partial charge in [0.05, 0.1) is 11.1 Å². The normalized spacial score (nSPS) is 16.2. The lowest BCUT2D eigenvalue weighted by Gasteiger charge is -2.43. The summed E-state index contributed by atoms with van der Waals surface area (Å²) in [5.74, 6) is 0.532. The summed E-state index contributed by atoms with van der Waals surface area (Å²) in [5.41, 5.74) is 9.69. The van der Waals surface area contributed by atoms with Gasteiger partial charge in [0.25, 0.3) is 0 Å². The van der Waals surface area contributed by atoms with Crippen LogP contribution >= 0.6 is 22.7 Å². The van der Waals surface area contributed by atoms with Crippen molar-refractivity contribution in [3.05, 3.63) is 135 Å². The Morgan fingerprint density at radius 2 is 1.31 bits per heavy atom. The van der Waals surface area contributed by atoms with Crippen LogP contribution in [0.3, 0.4) is 0 Å². The second kappa shape index (κ2) is 10.2. The number of hydrogen-bond acceptors (Lipinski definition) is 5. The summed E-state index contributed by atoms with van der Waals surface area (Å²) in [6.07, 6.45) is 0. The molecule has 51 heavy (non-hydrogen) atoms. The molecule has 0 radical (unpaired) electrons. The average Bonchev–Trinajstić information content (AvgIpc) is 3.72. The molecule has 0 unspecified atom stereocenters. The summed E-state index contributed by atoms with van der Waals surface area (Å²) in [6.45, 7) is 11.5. The van der Waals surface area contributed by atoms with Gasteiger partial charge in [-0.2, -0.15) is 0 Å². The van der Waals surface area contributed by atoms with Gasteiger partial charge in [-0.1, -0.05) is 74.0 Å². The monoisotopic (exact) mass is 701 g/mol. The van der Waals surface area contributed by atoms with Crippen molar-refractivity contribution >= 4 is 65.6 Å². The van der Waals surface area contributed by atoms with E-state index in [4.69, 9.17) is 4.74 Å². The van der Waals surface area contributed by atoms with Crippen molar-refractivity contribution in [2.45, 2.75) is 45.6 Å². The summed E-state index contributed by atoms with van der Waals surface area (Å²) in [6, 6.07) is 33.7. The summed E-state index contributed by atoms with van der Waals surface area (Å²) >= 11 is 3.67. The second-order valence-corrected chi connectivity index (χ2v) is 17.2. The molecule has 250 valence electrons. The number of anilines is 1. The molecule has 0 amide bonds. The van der Waals surface area contributed by atoms with Crippen LogP contribution in [0.5, 0.6) is 11.5 Å². The number of fused-ring (bicyclic) bond motifs is 12. The molecule has 3 aliphatic rings. The third kappa shape index (κ3) is 3.98. The number of ether oxygens (including phenoxy) is 1. The smallest absolute Gasteiger partial charge is 0.336 e. The molecule has 0 atom stereocenters. The van der Waals surface area contributed by atoms with E-state index in [1.54, 1.807) is 12.1 Å². The highest BCUT2D eigenvalue weighted by molar-refractivity contribution is 7.23. The van der Waals surface area contributed by atoms with E-state index in [-0.39, 0.29) is 16.5 Å². The first-order valence-electron chi connectivity index (χ1n) is 17.3. The Labute approximate surface area is 304 Å². The lowest BCUT2D eigenvalue weighted by atomic mass is 9.71. The van der Waals surface area contributed by atoms with Gasteiger partial charge >= 0.3 is 5.97 Å². The molecular weight excluding hydrogens is 667 g/mol. The average molecular weight is 702 g/mol. The number of rotatable bonds is 2. The number of benzene rings is 5. The van der Waals surface area contributed by atoms with Crippen molar-refractivity contribution < 1.29 is 14.6 Å². The molecule has 0 spiro atoms. The van der Waals surface area contributed by atoms with Crippen molar-refractivity contribution in [1.29, 1.82) is 0 Å². The Kier molecular flexibility index (Phi) is 6.14. The molecule has 1 aliphatic carbocycles. The Morgan fingerprint density at radius 3 is 2.02 bits per heavy atom. The largest absolute Gasteiger partial charge is 0.478 e. The molecule has 6 heteroatoms. The minimum atomic E-state index is -0.949. The summed E-state index contributed by atoms with van der Waals surface area (Å²) < 4.78 is 9.52. The zero-order valence-electron chi connectivity index (χ0n) is 29.3. The Bertz CT molecular complexity index is 2850. The van der Waals surface area contributed by atoms with E-state index in [2.05, 4.69) is 119 Å². The summed E-state index contributed by atoms with van der Waals surface area (Å²) in [5, 5.41) is 15.2. The van der Waals surface area contributed by atoms with Crippen LogP contribution in [-0.4, -0.2) is 18.1 Å². The minimum absolute atomic E-state index is 0.180. The molecule has 2 aliphatic heterocycles. The van der Waals surface area contributed by atoms with E-state index >= 15 is 0 Å². The molecule has 1 N–H and O–H groups in total. The number of carbonyl (C=O) groups is 1. The standard InChI is InChI=1S/C45H35NO3S2/c1-23-28-21-34-31(19-29(28)41-39(44(23,2)3)26-15-9-11-17-36(26)50-41)38(24-13-7-8-14-25(24)43(47)48)32-20-30-33(22-35(32)49-34)46(6)45(4,5)40-27-16-10-12-18-37(27)51-42(30)40/h7-22H,1-6H3,(H,47,48). The maximum Gasteiger partial charge on any atom is 0.336 e. The third-order valence-electron chi connectivity index (χ3n) is 11.9. The van der Waals surface area contributed by atoms with E-state index in [0.717, 1.165) is 39.1 Å². The maximum atomic E-state index is 12.9. The van der Waals surface area contributed by atoms with Crippen LogP contribution in [-0.2, 0) is 11.0 Å². The highest BCUT2D eigenvalue weighted by atomic mass is 32.1. The van der Waals surface area contributed by atoms with E-state index in [1.165, 1.54) is 57.4 Å². The summed E-state index contributed by atoms with van der Waals surface area (Å²) in [4.78, 5) is 17.7. The summed E-state index contributed by atoms with van der Waals surface area (Å²) in [7, 11) is 2.17. The molecule has 10 rings (SSSR count). The van der Waals surface area contributed by atoms with Crippen LogP contribution in [0, 0.1) is 0 Å². The van der Waals surface area contributed by atoms with Crippen molar-refractivity contribution in [2.24, 2.45) is 0 Å². The molecule has 0 fully saturated rings. The van der Waals surface area contributed by atoms with Gasteiger partial charge in [0, 0.05) is 76.4 Å². The van der Waals surface area contributed by atoms with E-state index < -0.39 is 5.97 Å². The molecule has 0 bridgehead atoms. The fourth-order valence-electron chi connectivity index (χ4n) is 8.80. The topological polar surface area (TPSA) is 49.8 Å². The van der Waals surface area contributed by atoms with E-state index in [9.17, 15) is 9.90 Å². The minimum Gasteiger partial charge on any atom is -0.478 e. The molecule has 4 heterocycles. The first kappa shape index (κ1) is 30.6. The predicted molar refractivity (Wildman–Crippen MR) is 212 cm³/mol. The molecular formula is C45H35NO3S2. The molecule has 0 saturated carbocycles. The molecule has 7 aromatic rings. The third-order valence-corrected chi connectivity index (χ3v) is 14.3. The maximum absolute atomic E-state index is 12.9. The SMILES string of the molecule is CC1=c2cc3c(cc2-c2sc4ccccc4c2C1(C)C)=C(c1ccccc1C(=O)O)c1cc2c(cc1O3)N(C)C(C)(C)c1c-2sc2ccccc12. The predicted octanol–water partition coefficient (Wildman–Crippen LogP) is 10.6. The van der Waals surface area contributed by atoms with Crippen LogP contribution in [0.2, 0.25) is 0 Å². The van der Waals surface area contributed by atoms with Crippen LogP contribution < -0.4 is 20.1 Å². The van der Waals surface area contributed by atoms with Crippen molar-refractivity contribution in [3.63, 3.8) is 0 Å². The van der Waals surface area contributed by atoms with Gasteiger partial charge in [0.15, 0.2) is 0 Å². The highest BCUT2D eigenvalue weighted by Gasteiger charge is 2.40.